The molecule has 1 amide bonds. The van der Waals surface area contributed by atoms with Crippen molar-refractivity contribution in [3.8, 4) is 0 Å². The first-order valence-corrected chi connectivity index (χ1v) is 9.57. The molecular formula is C19H25F2N3O3. The summed E-state index contributed by atoms with van der Waals surface area (Å²) in [5, 5.41) is 0. The summed E-state index contributed by atoms with van der Waals surface area (Å²) >= 11 is 0. The highest BCUT2D eigenvalue weighted by atomic mass is 19.1. The quantitative estimate of drug-likeness (QED) is 0.733. The summed E-state index contributed by atoms with van der Waals surface area (Å²) in [6, 6.07) is 4.76. The van der Waals surface area contributed by atoms with Gasteiger partial charge >= 0.3 is 0 Å². The zero-order chi connectivity index (χ0) is 18.9. The molecule has 0 atom stereocenters. The number of morpholine rings is 1. The van der Waals surface area contributed by atoms with E-state index in [1.807, 2.05) is 4.90 Å². The first kappa shape index (κ1) is 18.6. The van der Waals surface area contributed by atoms with E-state index in [2.05, 4.69) is 4.98 Å². The molecule has 3 fully saturated rings. The van der Waals surface area contributed by atoms with Crippen molar-refractivity contribution in [2.45, 2.75) is 37.0 Å². The summed E-state index contributed by atoms with van der Waals surface area (Å²) in [6.45, 7) is 3.13. The molecule has 6 nitrogen and oxygen atoms in total. The van der Waals surface area contributed by atoms with Gasteiger partial charge in [-0.05, 0) is 25.0 Å². The number of ether oxygens (including phenoxy) is 2. The number of carbonyl (C=O) groups excluding carboxylic acids is 1. The summed E-state index contributed by atoms with van der Waals surface area (Å²) in [7, 11) is 0. The van der Waals surface area contributed by atoms with Gasteiger partial charge in [0.15, 0.2) is 5.67 Å². The molecule has 27 heavy (non-hydrogen) atoms. The Morgan fingerprint density at radius 3 is 2.52 bits per heavy atom. The van der Waals surface area contributed by atoms with Crippen LogP contribution in [0.25, 0.3) is 0 Å². The number of aromatic nitrogens is 1. The second-order valence-electron chi connectivity index (χ2n) is 7.64. The lowest BCUT2D eigenvalue weighted by atomic mass is 9.87. The van der Waals surface area contributed by atoms with Crippen LogP contribution in [0.5, 0.6) is 0 Å². The van der Waals surface area contributed by atoms with Crippen LogP contribution in [-0.4, -0.2) is 73.1 Å². The lowest BCUT2D eigenvalue weighted by molar-refractivity contribution is -0.169. The van der Waals surface area contributed by atoms with Crippen molar-refractivity contribution in [1.82, 2.24) is 9.88 Å². The van der Waals surface area contributed by atoms with Gasteiger partial charge in [0.05, 0.1) is 25.4 Å². The average Bonchev–Trinajstić information content (AvgIpc) is 2.69. The molecule has 1 aromatic heterocycles. The van der Waals surface area contributed by atoms with Gasteiger partial charge in [-0.2, -0.15) is 4.39 Å². The maximum Gasteiger partial charge on any atom is 0.260 e. The highest BCUT2D eigenvalue weighted by Gasteiger charge is 2.47. The lowest BCUT2D eigenvalue weighted by Gasteiger charge is -2.48. The molecule has 0 N–H and O–H groups in total. The van der Waals surface area contributed by atoms with Crippen molar-refractivity contribution in [2.75, 3.05) is 50.9 Å². The largest absolute Gasteiger partial charge is 0.381 e. The monoisotopic (exact) mass is 381 g/mol. The number of hydrogen-bond acceptors (Lipinski definition) is 5. The van der Waals surface area contributed by atoms with Gasteiger partial charge in [-0.25, -0.2) is 9.37 Å². The third-order valence-corrected chi connectivity index (χ3v) is 5.90. The number of carbonyl (C=O) groups is 1. The molecule has 0 bridgehead atoms. The van der Waals surface area contributed by atoms with Gasteiger partial charge < -0.3 is 19.3 Å². The first-order chi connectivity index (χ1) is 13.0. The fraction of sp³-hybridized carbons (Fsp3) is 0.684. The van der Waals surface area contributed by atoms with Crippen LogP contribution in [0.3, 0.4) is 0 Å². The van der Waals surface area contributed by atoms with Crippen molar-refractivity contribution in [1.29, 1.82) is 0 Å². The Morgan fingerprint density at radius 1 is 1.07 bits per heavy atom. The van der Waals surface area contributed by atoms with Crippen LogP contribution in [0.4, 0.5) is 14.6 Å². The average molecular weight is 381 g/mol. The number of alkyl halides is 1. The molecule has 3 saturated heterocycles. The van der Waals surface area contributed by atoms with Gasteiger partial charge in [0.2, 0.25) is 5.95 Å². The Kier molecular flexibility index (Phi) is 5.03. The molecule has 1 aromatic rings. The fourth-order valence-corrected chi connectivity index (χ4v) is 4.23. The molecule has 3 aliphatic heterocycles. The van der Waals surface area contributed by atoms with Crippen LogP contribution in [-0.2, 0) is 14.3 Å². The van der Waals surface area contributed by atoms with Crippen molar-refractivity contribution in [3.63, 3.8) is 0 Å². The van der Waals surface area contributed by atoms with E-state index in [4.69, 9.17) is 9.47 Å². The normalized spacial score (nSPS) is 24.8. The van der Waals surface area contributed by atoms with Gasteiger partial charge in [-0.3, -0.25) is 4.79 Å². The van der Waals surface area contributed by atoms with Crippen LogP contribution < -0.4 is 4.90 Å². The molecule has 1 spiro atoms. The maximum absolute atomic E-state index is 15.1. The number of anilines is 1. The van der Waals surface area contributed by atoms with E-state index in [9.17, 15) is 9.18 Å². The number of pyridine rings is 1. The molecular weight excluding hydrogens is 356 g/mol. The molecule has 0 aromatic carbocycles. The summed E-state index contributed by atoms with van der Waals surface area (Å²) in [5.74, 6) is -0.315. The molecule has 8 heteroatoms. The highest BCUT2D eigenvalue weighted by Crippen LogP contribution is 2.34. The SMILES string of the molecule is O=C(N1CCOC2(CCN(c3cccc(F)n3)CC2)C1)C1(F)CCOCC1. The van der Waals surface area contributed by atoms with Gasteiger partial charge in [-0.15, -0.1) is 0 Å². The van der Waals surface area contributed by atoms with Crippen LogP contribution in [0, 0.1) is 5.95 Å². The topological polar surface area (TPSA) is 54.9 Å². The molecule has 4 rings (SSSR count). The fourth-order valence-electron chi connectivity index (χ4n) is 4.23. The highest BCUT2D eigenvalue weighted by molar-refractivity contribution is 5.85. The number of rotatable bonds is 2. The van der Waals surface area contributed by atoms with Crippen LogP contribution in [0.1, 0.15) is 25.7 Å². The van der Waals surface area contributed by atoms with Crippen molar-refractivity contribution in [3.05, 3.63) is 24.1 Å². The van der Waals surface area contributed by atoms with Crippen molar-refractivity contribution in [2.24, 2.45) is 0 Å². The van der Waals surface area contributed by atoms with Crippen LogP contribution >= 0.6 is 0 Å². The zero-order valence-electron chi connectivity index (χ0n) is 15.3. The van der Waals surface area contributed by atoms with Crippen LogP contribution in [0.15, 0.2) is 18.2 Å². The van der Waals surface area contributed by atoms with Gasteiger partial charge in [0.1, 0.15) is 5.82 Å². The summed E-state index contributed by atoms with van der Waals surface area (Å²) in [5.41, 5.74) is -2.28. The number of nitrogens with zero attached hydrogens (tertiary/aromatic N) is 3. The second-order valence-corrected chi connectivity index (χ2v) is 7.64. The van der Waals surface area contributed by atoms with E-state index in [-0.39, 0.29) is 26.1 Å². The molecule has 0 unspecified atom stereocenters. The predicted octanol–water partition coefficient (Wildman–Crippen LogP) is 1.94. The van der Waals surface area contributed by atoms with Gasteiger partial charge in [0.25, 0.3) is 5.91 Å². The van der Waals surface area contributed by atoms with Gasteiger partial charge in [0, 0.05) is 39.0 Å². The Morgan fingerprint density at radius 2 is 1.81 bits per heavy atom. The Bertz CT molecular complexity index is 689. The molecule has 0 aliphatic carbocycles. The summed E-state index contributed by atoms with van der Waals surface area (Å²) in [4.78, 5) is 20.4. The summed E-state index contributed by atoms with van der Waals surface area (Å²) < 4.78 is 39.7. The molecule has 0 radical (unpaired) electrons. The minimum Gasteiger partial charge on any atom is -0.381 e. The number of halogens is 2. The smallest absolute Gasteiger partial charge is 0.260 e. The Labute approximate surface area is 157 Å². The van der Waals surface area contributed by atoms with Crippen molar-refractivity contribution < 1.29 is 23.0 Å². The number of piperidine rings is 1. The number of hydrogen-bond donors (Lipinski definition) is 0. The minimum absolute atomic E-state index is 0.120. The van der Waals surface area contributed by atoms with E-state index >= 15 is 4.39 Å². The molecule has 3 aliphatic rings. The van der Waals surface area contributed by atoms with Gasteiger partial charge in [-0.1, -0.05) is 6.07 Å². The van der Waals surface area contributed by atoms with Crippen LogP contribution in [0.2, 0.25) is 0 Å². The number of amides is 1. The Balaban J connectivity index is 1.40. The maximum atomic E-state index is 15.1. The van der Waals surface area contributed by atoms with E-state index < -0.39 is 23.1 Å². The standard InChI is InChI=1S/C19H25F2N3O3/c20-15-2-1-3-16(22-15)23-8-4-18(5-9-23)14-24(10-13-27-18)17(25)19(21)6-11-26-12-7-19/h1-3H,4-14H2. The predicted molar refractivity (Wildman–Crippen MR) is 94.8 cm³/mol. The van der Waals surface area contributed by atoms with E-state index in [1.165, 1.54) is 6.07 Å². The molecule has 0 saturated carbocycles. The second kappa shape index (κ2) is 7.31. The van der Waals surface area contributed by atoms with Crippen molar-refractivity contribution >= 4 is 11.7 Å². The summed E-state index contributed by atoms with van der Waals surface area (Å²) in [6.07, 6.45) is 1.62. The molecule has 4 heterocycles. The third-order valence-electron chi connectivity index (χ3n) is 5.90. The molecule has 148 valence electrons. The third kappa shape index (κ3) is 3.78. The van der Waals surface area contributed by atoms with E-state index in [0.717, 1.165) is 0 Å². The van der Waals surface area contributed by atoms with E-state index in [1.54, 1.807) is 17.0 Å². The first-order valence-electron chi connectivity index (χ1n) is 9.57. The lowest BCUT2D eigenvalue weighted by Crippen LogP contribution is -2.61. The van der Waals surface area contributed by atoms with E-state index in [0.29, 0.717) is 51.4 Å². The minimum atomic E-state index is -1.82. The Hall–Kier alpha value is -1.80. The zero-order valence-corrected chi connectivity index (χ0v) is 15.3.